The van der Waals surface area contributed by atoms with E-state index >= 15 is 0 Å². The van der Waals surface area contributed by atoms with Gasteiger partial charge in [-0.05, 0) is 92.7 Å². The fraction of sp³-hybridized carbons (Fsp3) is 0.192. The summed E-state index contributed by atoms with van der Waals surface area (Å²) in [5.74, 6) is -0.544. The minimum atomic E-state index is -0.609. The number of ether oxygens (including phenoxy) is 2. The van der Waals surface area contributed by atoms with E-state index in [9.17, 15) is 19.5 Å². The van der Waals surface area contributed by atoms with Crippen molar-refractivity contribution in [3.63, 3.8) is 0 Å². The molecular weight excluding hydrogens is 468 g/mol. The number of hydrogen-bond donors (Lipinski definition) is 1. The Labute approximate surface area is 206 Å². The van der Waals surface area contributed by atoms with E-state index < -0.39 is 11.9 Å². The number of benzene rings is 2. The van der Waals surface area contributed by atoms with Crippen molar-refractivity contribution in [2.45, 2.75) is 20.8 Å². The first-order valence-corrected chi connectivity index (χ1v) is 11.7. The molecule has 1 fully saturated rings. The van der Waals surface area contributed by atoms with Crippen LogP contribution in [0, 0.1) is 13.8 Å². The molecule has 0 unspecified atom stereocenters. The molecule has 2 amide bonds. The van der Waals surface area contributed by atoms with Crippen molar-refractivity contribution in [1.29, 1.82) is 0 Å². The molecule has 2 aromatic carbocycles. The Balaban J connectivity index is 1.67. The van der Waals surface area contributed by atoms with Crippen LogP contribution in [0.15, 0.2) is 53.4 Å². The van der Waals surface area contributed by atoms with Gasteiger partial charge in [-0.2, -0.15) is 0 Å². The quantitative estimate of drug-likeness (QED) is 0.372. The van der Waals surface area contributed by atoms with E-state index in [0.29, 0.717) is 22.0 Å². The Morgan fingerprint density at radius 1 is 1.06 bits per heavy atom. The molecule has 9 heteroatoms. The topological polar surface area (TPSA) is 98.1 Å². The van der Waals surface area contributed by atoms with Crippen molar-refractivity contribution in [2.75, 3.05) is 18.6 Å². The minimum Gasteiger partial charge on any atom is -0.507 e. The van der Waals surface area contributed by atoms with Crippen LogP contribution in [0.4, 0.5) is 10.5 Å². The third-order valence-corrected chi connectivity index (χ3v) is 6.48. The molecule has 1 saturated heterocycles. The monoisotopic (exact) mass is 492 g/mol. The number of aromatic nitrogens is 1. The number of rotatable bonds is 6. The number of phenolic OH excluding ortho intramolecular Hbond substituents is 1. The minimum absolute atomic E-state index is 0.0685. The molecule has 1 aliphatic rings. The van der Waals surface area contributed by atoms with Crippen molar-refractivity contribution in [3.05, 3.63) is 76.0 Å². The van der Waals surface area contributed by atoms with Gasteiger partial charge >= 0.3 is 5.97 Å². The summed E-state index contributed by atoms with van der Waals surface area (Å²) in [6.07, 6.45) is 1.69. The highest BCUT2D eigenvalue weighted by molar-refractivity contribution is 8.19. The lowest BCUT2D eigenvalue weighted by Gasteiger charge is -2.13. The van der Waals surface area contributed by atoms with E-state index in [2.05, 4.69) is 0 Å². The lowest BCUT2D eigenvalue weighted by Crippen LogP contribution is -2.27. The second-order valence-corrected chi connectivity index (χ2v) is 8.79. The standard InChI is InChI=1S/C26H24N2O6S/c1-5-34-25(31)21-14-19(8-11-22(21)29)27-15(2)12-17(16(27)3)13-23-24(30)28(26(32)35-23)18-6-9-20(33-4)10-7-18/h6-14,29H,5H2,1-4H3/b23-13+. The van der Waals surface area contributed by atoms with Crippen molar-refractivity contribution >= 4 is 40.6 Å². The Morgan fingerprint density at radius 3 is 2.40 bits per heavy atom. The number of nitrogens with zero attached hydrogens (tertiary/aromatic N) is 2. The van der Waals surface area contributed by atoms with E-state index in [4.69, 9.17) is 9.47 Å². The molecular formula is C26H24N2O6S. The van der Waals surface area contributed by atoms with Gasteiger partial charge in [-0.3, -0.25) is 9.59 Å². The number of methoxy groups -OCH3 is 1. The Hall–Kier alpha value is -3.98. The summed E-state index contributed by atoms with van der Waals surface area (Å²) in [6, 6.07) is 13.3. The van der Waals surface area contributed by atoms with Gasteiger partial charge in [-0.25, -0.2) is 9.69 Å². The second kappa shape index (κ2) is 9.71. The highest BCUT2D eigenvalue weighted by atomic mass is 32.2. The van der Waals surface area contributed by atoms with Gasteiger partial charge in [-0.15, -0.1) is 0 Å². The number of phenols is 1. The number of thioether (sulfide) groups is 1. The average molecular weight is 493 g/mol. The first-order valence-electron chi connectivity index (χ1n) is 10.9. The van der Waals surface area contributed by atoms with Crippen LogP contribution in [-0.2, 0) is 9.53 Å². The molecule has 8 nitrogen and oxygen atoms in total. The summed E-state index contributed by atoms with van der Waals surface area (Å²) in [7, 11) is 1.55. The van der Waals surface area contributed by atoms with E-state index in [1.54, 1.807) is 56.5 Å². The van der Waals surface area contributed by atoms with Crippen LogP contribution >= 0.6 is 11.8 Å². The largest absolute Gasteiger partial charge is 0.507 e. The lowest BCUT2D eigenvalue weighted by molar-refractivity contribution is -0.113. The van der Waals surface area contributed by atoms with Gasteiger partial charge in [-0.1, -0.05) is 0 Å². The molecule has 2 heterocycles. The van der Waals surface area contributed by atoms with Gasteiger partial charge in [0, 0.05) is 17.1 Å². The van der Waals surface area contributed by atoms with Crippen molar-refractivity contribution in [3.8, 4) is 17.2 Å². The van der Waals surface area contributed by atoms with E-state index in [-0.39, 0.29) is 23.2 Å². The molecule has 3 aromatic rings. The Kier molecular flexibility index (Phi) is 6.70. The number of hydrogen-bond acceptors (Lipinski definition) is 7. The smallest absolute Gasteiger partial charge is 0.341 e. The van der Waals surface area contributed by atoms with Gasteiger partial charge in [0.1, 0.15) is 17.1 Å². The van der Waals surface area contributed by atoms with Gasteiger partial charge in [0.25, 0.3) is 11.1 Å². The highest BCUT2D eigenvalue weighted by Crippen LogP contribution is 2.37. The molecule has 180 valence electrons. The zero-order valence-electron chi connectivity index (χ0n) is 19.7. The predicted octanol–water partition coefficient (Wildman–Crippen LogP) is 5.23. The normalized spacial score (nSPS) is 14.6. The molecule has 0 bridgehead atoms. The lowest BCUT2D eigenvalue weighted by atomic mass is 10.1. The molecule has 0 spiro atoms. The van der Waals surface area contributed by atoms with Crippen LogP contribution in [-0.4, -0.2) is 40.5 Å². The summed E-state index contributed by atoms with van der Waals surface area (Å²) in [4.78, 5) is 39.4. The zero-order valence-corrected chi connectivity index (χ0v) is 20.5. The summed E-state index contributed by atoms with van der Waals surface area (Å²) in [5, 5.41) is 9.73. The maximum atomic E-state index is 13.1. The molecule has 0 atom stereocenters. The summed E-state index contributed by atoms with van der Waals surface area (Å²) in [5.41, 5.74) is 3.61. The third kappa shape index (κ3) is 4.54. The molecule has 4 rings (SSSR count). The van der Waals surface area contributed by atoms with Crippen molar-refractivity contribution < 1.29 is 29.0 Å². The Morgan fingerprint density at radius 2 is 1.74 bits per heavy atom. The summed E-state index contributed by atoms with van der Waals surface area (Å²) < 4.78 is 12.1. The van der Waals surface area contributed by atoms with E-state index in [1.807, 2.05) is 24.5 Å². The van der Waals surface area contributed by atoms with Gasteiger partial charge in [0.15, 0.2) is 0 Å². The first kappa shape index (κ1) is 24.2. The van der Waals surface area contributed by atoms with Crippen molar-refractivity contribution in [2.24, 2.45) is 0 Å². The van der Waals surface area contributed by atoms with Crippen LogP contribution in [0.5, 0.6) is 11.5 Å². The summed E-state index contributed by atoms with van der Waals surface area (Å²) in [6.45, 7) is 5.66. The maximum absolute atomic E-state index is 13.1. The van der Waals surface area contributed by atoms with Crippen LogP contribution in [0.2, 0.25) is 0 Å². The van der Waals surface area contributed by atoms with Crippen LogP contribution in [0.25, 0.3) is 11.8 Å². The zero-order chi connectivity index (χ0) is 25.3. The maximum Gasteiger partial charge on any atom is 0.341 e. The van der Waals surface area contributed by atoms with Crippen LogP contribution < -0.4 is 9.64 Å². The fourth-order valence-electron chi connectivity index (χ4n) is 3.93. The van der Waals surface area contributed by atoms with Gasteiger partial charge < -0.3 is 19.1 Å². The van der Waals surface area contributed by atoms with E-state index in [0.717, 1.165) is 33.6 Å². The van der Waals surface area contributed by atoms with E-state index in [1.165, 1.54) is 6.07 Å². The number of amides is 2. The Bertz CT molecular complexity index is 1360. The first-order chi connectivity index (χ1) is 16.7. The average Bonchev–Trinajstić information content (AvgIpc) is 3.28. The highest BCUT2D eigenvalue weighted by Gasteiger charge is 2.36. The molecule has 1 N–H and O–H groups in total. The van der Waals surface area contributed by atoms with Gasteiger partial charge in [0.05, 0.1) is 24.3 Å². The summed E-state index contributed by atoms with van der Waals surface area (Å²) >= 11 is 0.879. The molecule has 0 saturated carbocycles. The molecule has 0 aliphatic carbocycles. The number of aryl methyl sites for hydroxylation is 1. The fourth-order valence-corrected chi connectivity index (χ4v) is 4.76. The predicted molar refractivity (Wildman–Crippen MR) is 134 cm³/mol. The SMILES string of the molecule is CCOC(=O)c1cc(-n2c(C)cc(/C=C3/SC(=O)N(c4ccc(OC)cc4)C3=O)c2C)ccc1O. The number of esters is 1. The van der Waals surface area contributed by atoms with Crippen LogP contribution in [0.3, 0.4) is 0 Å². The molecule has 1 aromatic heterocycles. The van der Waals surface area contributed by atoms with Crippen LogP contribution in [0.1, 0.15) is 34.2 Å². The number of carbonyl (C=O) groups is 3. The third-order valence-electron chi connectivity index (χ3n) is 5.61. The van der Waals surface area contributed by atoms with Crippen molar-refractivity contribution in [1.82, 2.24) is 4.57 Å². The molecule has 35 heavy (non-hydrogen) atoms. The number of anilines is 1. The number of carbonyl (C=O) groups excluding carboxylic acids is 3. The van der Waals surface area contributed by atoms with Gasteiger partial charge in [0.2, 0.25) is 0 Å². The number of imide groups is 1. The molecule has 0 radical (unpaired) electrons. The number of aromatic hydroxyl groups is 1. The second-order valence-electron chi connectivity index (χ2n) is 7.80. The molecule has 1 aliphatic heterocycles.